The first-order valence-electron chi connectivity index (χ1n) is 8.44. The Morgan fingerprint density at radius 1 is 1.16 bits per heavy atom. The van der Waals surface area contributed by atoms with E-state index >= 15 is 0 Å². The van der Waals surface area contributed by atoms with Crippen molar-refractivity contribution in [3.05, 3.63) is 58.9 Å². The van der Waals surface area contributed by atoms with Gasteiger partial charge in [0.15, 0.2) is 6.10 Å². The van der Waals surface area contributed by atoms with Gasteiger partial charge in [-0.05, 0) is 42.7 Å². The molecule has 2 heterocycles. The molecule has 1 amide bonds. The number of hydrogen-bond acceptors (Lipinski definition) is 4. The predicted molar refractivity (Wildman–Crippen MR) is 98.8 cm³/mol. The molecule has 1 aromatic carbocycles. The van der Waals surface area contributed by atoms with Gasteiger partial charge in [0.05, 0.1) is 0 Å². The smallest absolute Gasteiger partial charge is 0.256 e. The monoisotopic (exact) mass is 359 g/mol. The van der Waals surface area contributed by atoms with Crippen LogP contribution in [0.5, 0.6) is 0 Å². The molecule has 1 saturated heterocycles. The summed E-state index contributed by atoms with van der Waals surface area (Å²) in [4.78, 5) is 20.8. The minimum absolute atomic E-state index is 0.254. The summed E-state index contributed by atoms with van der Waals surface area (Å²) in [6.45, 7) is 4.89. The van der Waals surface area contributed by atoms with Gasteiger partial charge >= 0.3 is 0 Å². The van der Waals surface area contributed by atoms with Crippen LogP contribution in [0.4, 0.5) is 5.69 Å². The molecule has 6 heteroatoms. The number of carbonyl (C=O) groups is 1. The van der Waals surface area contributed by atoms with E-state index in [9.17, 15) is 9.90 Å². The molecular weight excluding hydrogens is 338 g/mol. The molecule has 0 bridgehead atoms. The Morgan fingerprint density at radius 3 is 2.64 bits per heavy atom. The standard InChI is InChI=1S/C19H22ClN3O2/c1-14-13-21-8-7-17(14)22-9-2-10-23(12-11-22)19(25)18(24)15-3-5-16(20)6-4-15/h3-8,13,18,24H,2,9-12H2,1H3. The van der Waals surface area contributed by atoms with Gasteiger partial charge < -0.3 is 14.9 Å². The highest BCUT2D eigenvalue weighted by atomic mass is 35.5. The lowest BCUT2D eigenvalue weighted by Crippen LogP contribution is -2.38. The highest BCUT2D eigenvalue weighted by Crippen LogP contribution is 2.22. The quantitative estimate of drug-likeness (QED) is 0.915. The number of amides is 1. The number of hydrogen-bond donors (Lipinski definition) is 1. The molecule has 1 unspecified atom stereocenters. The molecular formula is C19H22ClN3O2. The first-order valence-corrected chi connectivity index (χ1v) is 8.82. The normalized spacial score (nSPS) is 16.4. The molecule has 2 aromatic rings. The van der Waals surface area contributed by atoms with Gasteiger partial charge in [-0.25, -0.2) is 0 Å². The summed E-state index contributed by atoms with van der Waals surface area (Å²) < 4.78 is 0. The number of carbonyl (C=O) groups excluding carboxylic acids is 1. The summed E-state index contributed by atoms with van der Waals surface area (Å²) in [5.41, 5.74) is 2.85. The van der Waals surface area contributed by atoms with Crippen LogP contribution in [0.25, 0.3) is 0 Å². The van der Waals surface area contributed by atoms with E-state index < -0.39 is 6.10 Å². The predicted octanol–water partition coefficient (Wildman–Crippen LogP) is 2.82. The second-order valence-electron chi connectivity index (χ2n) is 6.28. The zero-order chi connectivity index (χ0) is 17.8. The van der Waals surface area contributed by atoms with Crippen molar-refractivity contribution in [2.75, 3.05) is 31.1 Å². The Kier molecular flexibility index (Phi) is 5.56. The zero-order valence-corrected chi connectivity index (χ0v) is 15.0. The highest BCUT2D eigenvalue weighted by molar-refractivity contribution is 6.30. The molecule has 3 rings (SSSR count). The second-order valence-corrected chi connectivity index (χ2v) is 6.72. The summed E-state index contributed by atoms with van der Waals surface area (Å²) in [6, 6.07) is 8.76. The average molecular weight is 360 g/mol. The number of anilines is 1. The third kappa shape index (κ3) is 4.11. The Bertz CT molecular complexity index is 736. The van der Waals surface area contributed by atoms with Crippen LogP contribution in [-0.2, 0) is 4.79 Å². The van der Waals surface area contributed by atoms with Crippen molar-refractivity contribution in [1.29, 1.82) is 0 Å². The number of rotatable bonds is 3. The van der Waals surface area contributed by atoms with Crippen LogP contribution >= 0.6 is 11.6 Å². The van der Waals surface area contributed by atoms with Crippen LogP contribution < -0.4 is 4.90 Å². The minimum atomic E-state index is -1.15. The Hall–Kier alpha value is -2.11. The summed E-state index contributed by atoms with van der Waals surface area (Å²) in [5, 5.41) is 11.0. The van der Waals surface area contributed by atoms with Crippen LogP contribution in [0.15, 0.2) is 42.7 Å². The highest BCUT2D eigenvalue weighted by Gasteiger charge is 2.26. The van der Waals surface area contributed by atoms with Crippen molar-refractivity contribution in [2.24, 2.45) is 0 Å². The lowest BCUT2D eigenvalue weighted by Gasteiger charge is -2.26. The lowest BCUT2D eigenvalue weighted by atomic mass is 10.1. The van der Waals surface area contributed by atoms with Gasteiger partial charge in [-0.15, -0.1) is 0 Å². The summed E-state index contributed by atoms with van der Waals surface area (Å²) >= 11 is 5.87. The van der Waals surface area contributed by atoms with Crippen LogP contribution in [0, 0.1) is 6.92 Å². The topological polar surface area (TPSA) is 56.7 Å². The van der Waals surface area contributed by atoms with Gasteiger partial charge in [0.25, 0.3) is 5.91 Å². The number of aliphatic hydroxyl groups excluding tert-OH is 1. The SMILES string of the molecule is Cc1cnccc1N1CCCN(C(=O)C(O)c2ccc(Cl)cc2)CC1. The van der Waals surface area contributed by atoms with Crippen molar-refractivity contribution in [1.82, 2.24) is 9.88 Å². The third-order valence-corrected chi connectivity index (χ3v) is 4.81. The fourth-order valence-corrected chi connectivity index (χ4v) is 3.29. The van der Waals surface area contributed by atoms with Crippen LogP contribution in [0.3, 0.4) is 0 Å². The van der Waals surface area contributed by atoms with E-state index in [2.05, 4.69) is 9.88 Å². The van der Waals surface area contributed by atoms with Gasteiger partial charge in [-0.3, -0.25) is 9.78 Å². The van der Waals surface area contributed by atoms with Gasteiger partial charge in [0, 0.05) is 49.3 Å². The molecule has 1 aliphatic heterocycles. The Labute approximate surface area is 152 Å². The molecule has 1 aliphatic rings. The number of pyridine rings is 1. The number of benzene rings is 1. The molecule has 25 heavy (non-hydrogen) atoms. The fourth-order valence-electron chi connectivity index (χ4n) is 3.16. The summed E-state index contributed by atoms with van der Waals surface area (Å²) in [6.07, 6.45) is 3.36. The largest absolute Gasteiger partial charge is 0.378 e. The summed E-state index contributed by atoms with van der Waals surface area (Å²) in [7, 11) is 0. The number of aliphatic hydroxyl groups is 1. The van der Waals surface area contributed by atoms with Crippen LogP contribution in [0.1, 0.15) is 23.7 Å². The van der Waals surface area contributed by atoms with Crippen molar-refractivity contribution in [2.45, 2.75) is 19.4 Å². The molecule has 0 aliphatic carbocycles. The molecule has 1 aromatic heterocycles. The molecule has 0 saturated carbocycles. The van der Waals surface area contributed by atoms with Gasteiger partial charge in [-0.1, -0.05) is 23.7 Å². The van der Waals surface area contributed by atoms with E-state index in [1.165, 1.54) is 0 Å². The fraction of sp³-hybridized carbons (Fsp3) is 0.368. The van der Waals surface area contributed by atoms with E-state index in [0.29, 0.717) is 23.7 Å². The average Bonchev–Trinajstić information content (AvgIpc) is 2.87. The Balaban J connectivity index is 1.67. The number of aryl methyl sites for hydroxylation is 1. The van der Waals surface area contributed by atoms with Crippen molar-refractivity contribution in [3.8, 4) is 0 Å². The maximum absolute atomic E-state index is 12.7. The molecule has 1 fully saturated rings. The second kappa shape index (κ2) is 7.85. The maximum atomic E-state index is 12.7. The number of nitrogens with zero attached hydrogens (tertiary/aromatic N) is 3. The van der Waals surface area contributed by atoms with Crippen LogP contribution in [-0.4, -0.2) is 47.1 Å². The van der Waals surface area contributed by atoms with E-state index in [4.69, 9.17) is 11.6 Å². The zero-order valence-electron chi connectivity index (χ0n) is 14.2. The van der Waals surface area contributed by atoms with E-state index in [-0.39, 0.29) is 5.91 Å². The van der Waals surface area contributed by atoms with Gasteiger partial charge in [-0.2, -0.15) is 0 Å². The maximum Gasteiger partial charge on any atom is 0.256 e. The molecule has 0 radical (unpaired) electrons. The molecule has 5 nitrogen and oxygen atoms in total. The Morgan fingerprint density at radius 2 is 1.92 bits per heavy atom. The van der Waals surface area contributed by atoms with Crippen LogP contribution in [0.2, 0.25) is 5.02 Å². The van der Waals surface area contributed by atoms with Gasteiger partial charge in [0.1, 0.15) is 0 Å². The number of halogens is 1. The molecule has 1 N–H and O–H groups in total. The van der Waals surface area contributed by atoms with E-state index in [1.54, 1.807) is 35.4 Å². The van der Waals surface area contributed by atoms with Crippen molar-refractivity contribution in [3.63, 3.8) is 0 Å². The van der Waals surface area contributed by atoms with Gasteiger partial charge in [0.2, 0.25) is 0 Å². The van der Waals surface area contributed by atoms with Crippen molar-refractivity contribution < 1.29 is 9.90 Å². The lowest BCUT2D eigenvalue weighted by molar-refractivity contribution is -0.140. The third-order valence-electron chi connectivity index (χ3n) is 4.56. The first-order chi connectivity index (χ1) is 12.1. The summed E-state index contributed by atoms with van der Waals surface area (Å²) in [5.74, 6) is -0.254. The minimum Gasteiger partial charge on any atom is -0.378 e. The van der Waals surface area contributed by atoms with E-state index in [1.807, 2.05) is 19.2 Å². The molecule has 1 atom stereocenters. The molecule has 0 spiro atoms. The van der Waals surface area contributed by atoms with Crippen molar-refractivity contribution >= 4 is 23.2 Å². The first kappa shape index (κ1) is 17.7. The number of aromatic nitrogens is 1. The molecule has 132 valence electrons. The van der Waals surface area contributed by atoms with E-state index in [0.717, 1.165) is 30.8 Å².